The van der Waals surface area contributed by atoms with Gasteiger partial charge >= 0.3 is 5.97 Å². The van der Waals surface area contributed by atoms with Crippen LogP contribution >= 0.6 is 0 Å². The van der Waals surface area contributed by atoms with Gasteiger partial charge in [-0.25, -0.2) is 0 Å². The first kappa shape index (κ1) is 13.9. The van der Waals surface area contributed by atoms with Gasteiger partial charge in [-0.2, -0.15) is 0 Å². The van der Waals surface area contributed by atoms with E-state index in [1.165, 1.54) is 23.9 Å². The molecular formula is C15H22N2O2. The Morgan fingerprint density at radius 3 is 2.95 bits per heavy atom. The van der Waals surface area contributed by atoms with Crippen LogP contribution in [0, 0.1) is 6.92 Å². The van der Waals surface area contributed by atoms with Crippen molar-refractivity contribution in [3.8, 4) is 0 Å². The first-order valence-corrected chi connectivity index (χ1v) is 6.66. The zero-order valence-corrected chi connectivity index (χ0v) is 11.9. The van der Waals surface area contributed by atoms with E-state index in [9.17, 15) is 4.79 Å². The van der Waals surface area contributed by atoms with Gasteiger partial charge in [0.1, 0.15) is 5.54 Å². The summed E-state index contributed by atoms with van der Waals surface area (Å²) in [7, 11) is 1.38. The first-order chi connectivity index (χ1) is 8.94. The third kappa shape index (κ3) is 2.89. The first-order valence-electron chi connectivity index (χ1n) is 6.66. The zero-order valence-electron chi connectivity index (χ0n) is 11.9. The fourth-order valence-corrected chi connectivity index (χ4v) is 2.66. The molecule has 1 atom stereocenters. The number of ether oxygens (including phenoxy) is 1. The molecule has 1 heterocycles. The van der Waals surface area contributed by atoms with E-state index in [-0.39, 0.29) is 5.97 Å². The van der Waals surface area contributed by atoms with Gasteiger partial charge in [0.25, 0.3) is 0 Å². The molecule has 19 heavy (non-hydrogen) atoms. The van der Waals surface area contributed by atoms with Crippen LogP contribution < -0.4 is 10.6 Å². The minimum atomic E-state index is -0.978. The molecule has 0 amide bonds. The van der Waals surface area contributed by atoms with Crippen LogP contribution in [0.5, 0.6) is 0 Å². The van der Waals surface area contributed by atoms with Crippen LogP contribution in [0.4, 0.5) is 5.69 Å². The Morgan fingerprint density at radius 1 is 1.53 bits per heavy atom. The highest BCUT2D eigenvalue weighted by molar-refractivity contribution is 5.81. The van der Waals surface area contributed by atoms with Crippen molar-refractivity contribution >= 4 is 11.7 Å². The van der Waals surface area contributed by atoms with Gasteiger partial charge in [0.15, 0.2) is 0 Å². The maximum atomic E-state index is 11.7. The average molecular weight is 262 g/mol. The molecule has 1 aromatic rings. The van der Waals surface area contributed by atoms with E-state index in [1.54, 1.807) is 6.92 Å². The van der Waals surface area contributed by atoms with E-state index in [2.05, 4.69) is 30.0 Å². The van der Waals surface area contributed by atoms with E-state index in [1.807, 2.05) is 0 Å². The van der Waals surface area contributed by atoms with Crippen molar-refractivity contribution in [3.63, 3.8) is 0 Å². The molecule has 1 unspecified atom stereocenters. The van der Waals surface area contributed by atoms with E-state index in [0.29, 0.717) is 6.54 Å². The van der Waals surface area contributed by atoms with Gasteiger partial charge in [-0.05, 0) is 38.3 Å². The number of nitrogens with two attached hydrogens (primary N) is 1. The summed E-state index contributed by atoms with van der Waals surface area (Å²) in [6.45, 7) is 5.23. The number of fused-ring (bicyclic) bond motifs is 1. The van der Waals surface area contributed by atoms with Crippen LogP contribution in [0.25, 0.3) is 0 Å². The maximum absolute atomic E-state index is 11.7. The lowest BCUT2D eigenvalue weighted by Crippen LogP contribution is -2.55. The Balaban J connectivity index is 2.22. The average Bonchev–Trinajstić information content (AvgIpc) is 2.37. The van der Waals surface area contributed by atoms with Crippen molar-refractivity contribution in [1.82, 2.24) is 0 Å². The number of nitrogens with zero attached hydrogens (tertiary/aromatic N) is 1. The van der Waals surface area contributed by atoms with Crippen molar-refractivity contribution in [2.45, 2.75) is 32.2 Å². The summed E-state index contributed by atoms with van der Waals surface area (Å²) < 4.78 is 4.77. The van der Waals surface area contributed by atoms with Crippen molar-refractivity contribution in [1.29, 1.82) is 0 Å². The number of aryl methyl sites for hydroxylation is 2. The number of benzene rings is 1. The standard InChI is InChI=1S/C15H22N2O2/c1-11-6-7-13-12(9-11)5-4-8-17(13)10-15(2,16)14(18)19-3/h6-7,9H,4-5,8,10,16H2,1-3H3. The quantitative estimate of drug-likeness (QED) is 0.841. The number of esters is 1. The highest BCUT2D eigenvalue weighted by Crippen LogP contribution is 2.28. The van der Waals surface area contributed by atoms with Crippen molar-refractivity contribution < 1.29 is 9.53 Å². The molecule has 2 rings (SSSR count). The van der Waals surface area contributed by atoms with E-state index < -0.39 is 5.54 Å². The Bertz CT molecular complexity index is 483. The normalized spacial score (nSPS) is 17.6. The molecule has 4 heteroatoms. The smallest absolute Gasteiger partial charge is 0.327 e. The number of hydrogen-bond acceptors (Lipinski definition) is 4. The van der Waals surface area contributed by atoms with Crippen LogP contribution in [-0.2, 0) is 16.0 Å². The van der Waals surface area contributed by atoms with Crippen molar-refractivity contribution in [2.75, 3.05) is 25.1 Å². The Morgan fingerprint density at radius 2 is 2.26 bits per heavy atom. The van der Waals surface area contributed by atoms with E-state index in [0.717, 1.165) is 19.4 Å². The molecule has 0 bridgehead atoms. The SMILES string of the molecule is COC(=O)C(C)(N)CN1CCCc2cc(C)ccc21. The number of anilines is 1. The second-order valence-corrected chi connectivity index (χ2v) is 5.57. The molecule has 1 aromatic carbocycles. The topological polar surface area (TPSA) is 55.6 Å². The highest BCUT2D eigenvalue weighted by atomic mass is 16.5. The Hall–Kier alpha value is -1.55. The Labute approximate surface area is 114 Å². The molecule has 4 nitrogen and oxygen atoms in total. The second-order valence-electron chi connectivity index (χ2n) is 5.57. The zero-order chi connectivity index (χ0) is 14.0. The number of carbonyl (C=O) groups is 1. The predicted octanol–water partition coefficient (Wildman–Crippen LogP) is 1.64. The van der Waals surface area contributed by atoms with Gasteiger partial charge in [-0.1, -0.05) is 17.7 Å². The lowest BCUT2D eigenvalue weighted by atomic mass is 9.96. The number of rotatable bonds is 3. The van der Waals surface area contributed by atoms with Crippen LogP contribution in [0.3, 0.4) is 0 Å². The molecule has 0 radical (unpaired) electrons. The molecule has 1 aliphatic heterocycles. The summed E-state index contributed by atoms with van der Waals surface area (Å²) in [6.07, 6.45) is 2.18. The van der Waals surface area contributed by atoms with Gasteiger partial charge in [-0.15, -0.1) is 0 Å². The van der Waals surface area contributed by atoms with E-state index in [4.69, 9.17) is 10.5 Å². The summed E-state index contributed by atoms with van der Waals surface area (Å²) in [5.74, 6) is -0.369. The second kappa shape index (κ2) is 5.21. The lowest BCUT2D eigenvalue weighted by Gasteiger charge is -2.36. The Kier molecular flexibility index (Phi) is 3.80. The van der Waals surface area contributed by atoms with Crippen molar-refractivity contribution in [2.24, 2.45) is 5.73 Å². The van der Waals surface area contributed by atoms with E-state index >= 15 is 0 Å². The van der Waals surface area contributed by atoms with Crippen molar-refractivity contribution in [3.05, 3.63) is 29.3 Å². The summed E-state index contributed by atoms with van der Waals surface area (Å²) in [6, 6.07) is 6.44. The van der Waals surface area contributed by atoms with Crippen LogP contribution in [0.2, 0.25) is 0 Å². The van der Waals surface area contributed by atoms with Gasteiger partial charge < -0.3 is 15.4 Å². The lowest BCUT2D eigenvalue weighted by molar-refractivity contribution is -0.146. The summed E-state index contributed by atoms with van der Waals surface area (Å²) in [5, 5.41) is 0. The molecule has 104 valence electrons. The van der Waals surface area contributed by atoms with Gasteiger partial charge in [0.2, 0.25) is 0 Å². The third-order valence-electron chi connectivity index (χ3n) is 3.62. The molecular weight excluding hydrogens is 240 g/mol. The maximum Gasteiger partial charge on any atom is 0.327 e. The minimum absolute atomic E-state index is 0.369. The van der Waals surface area contributed by atoms with Crippen LogP contribution in [0.15, 0.2) is 18.2 Å². The molecule has 0 spiro atoms. The molecule has 2 N–H and O–H groups in total. The minimum Gasteiger partial charge on any atom is -0.468 e. The highest BCUT2D eigenvalue weighted by Gasteiger charge is 2.33. The third-order valence-corrected chi connectivity index (χ3v) is 3.62. The molecule has 0 fully saturated rings. The molecule has 0 aliphatic carbocycles. The number of methoxy groups -OCH3 is 1. The molecule has 0 saturated carbocycles. The predicted molar refractivity (Wildman–Crippen MR) is 76.3 cm³/mol. The largest absolute Gasteiger partial charge is 0.468 e. The van der Waals surface area contributed by atoms with Crippen LogP contribution in [-0.4, -0.2) is 31.7 Å². The van der Waals surface area contributed by atoms with Gasteiger partial charge in [-0.3, -0.25) is 4.79 Å². The monoisotopic (exact) mass is 262 g/mol. The van der Waals surface area contributed by atoms with Gasteiger partial charge in [0, 0.05) is 18.8 Å². The summed E-state index contributed by atoms with van der Waals surface area (Å²) in [5.41, 5.74) is 8.89. The molecule has 1 aliphatic rings. The summed E-state index contributed by atoms with van der Waals surface area (Å²) >= 11 is 0. The molecule has 0 saturated heterocycles. The number of hydrogen-bond donors (Lipinski definition) is 1. The number of carbonyl (C=O) groups excluding carboxylic acids is 1. The van der Waals surface area contributed by atoms with Crippen LogP contribution in [0.1, 0.15) is 24.5 Å². The summed E-state index contributed by atoms with van der Waals surface area (Å²) in [4.78, 5) is 13.9. The fourth-order valence-electron chi connectivity index (χ4n) is 2.66. The fraction of sp³-hybridized carbons (Fsp3) is 0.533. The van der Waals surface area contributed by atoms with Gasteiger partial charge in [0.05, 0.1) is 7.11 Å². The molecule has 0 aromatic heterocycles.